The molecule has 0 unspecified atom stereocenters. The predicted octanol–water partition coefficient (Wildman–Crippen LogP) is -0.661. The van der Waals surface area contributed by atoms with Crippen LogP contribution in [0.3, 0.4) is 0 Å². The number of carbonyl (C=O) groups excluding carboxylic acids is 1. The number of carbonyl (C=O) groups is 1. The molecule has 3 heterocycles. The molecular formula is C11H14N8O. The number of nitrogen functional groups attached to an aromatic ring is 1. The standard InChI is InChI=1S/C11H14N8O/c12-8(20)7-5-14-19(6-7)11-16-9(13)15-10(17-11)18-3-1-2-4-18/h5-6H,1-4H2,(H2,12,20)(H2,13,15,16,17). The summed E-state index contributed by atoms with van der Waals surface area (Å²) in [5.41, 5.74) is 11.2. The lowest BCUT2D eigenvalue weighted by molar-refractivity contribution is 0.100. The number of hydrogen-bond acceptors (Lipinski definition) is 7. The molecule has 104 valence electrons. The van der Waals surface area contributed by atoms with Gasteiger partial charge in [-0.3, -0.25) is 4.79 Å². The van der Waals surface area contributed by atoms with Gasteiger partial charge in [0.25, 0.3) is 11.9 Å². The molecule has 1 aliphatic heterocycles. The van der Waals surface area contributed by atoms with Crippen molar-refractivity contribution in [3.05, 3.63) is 18.0 Å². The van der Waals surface area contributed by atoms with Gasteiger partial charge in [0.1, 0.15) is 0 Å². The molecule has 9 nitrogen and oxygen atoms in total. The van der Waals surface area contributed by atoms with E-state index in [1.165, 1.54) is 17.1 Å². The van der Waals surface area contributed by atoms with Crippen molar-refractivity contribution < 1.29 is 4.79 Å². The zero-order valence-electron chi connectivity index (χ0n) is 10.7. The maximum absolute atomic E-state index is 11.1. The highest BCUT2D eigenvalue weighted by Gasteiger charge is 2.18. The van der Waals surface area contributed by atoms with E-state index in [0.717, 1.165) is 25.9 Å². The van der Waals surface area contributed by atoms with Gasteiger partial charge in [-0.05, 0) is 12.8 Å². The summed E-state index contributed by atoms with van der Waals surface area (Å²) in [6.45, 7) is 1.79. The molecule has 4 N–H and O–H groups in total. The van der Waals surface area contributed by atoms with Gasteiger partial charge in [0.05, 0.1) is 11.8 Å². The summed E-state index contributed by atoms with van der Waals surface area (Å²) in [6, 6.07) is 0. The topological polar surface area (TPSA) is 129 Å². The Hall–Kier alpha value is -2.71. The van der Waals surface area contributed by atoms with Crippen LogP contribution in [0.15, 0.2) is 12.4 Å². The van der Waals surface area contributed by atoms with E-state index >= 15 is 0 Å². The summed E-state index contributed by atoms with van der Waals surface area (Å²) in [4.78, 5) is 25.6. The smallest absolute Gasteiger partial charge is 0.257 e. The van der Waals surface area contributed by atoms with Gasteiger partial charge in [0.2, 0.25) is 11.9 Å². The van der Waals surface area contributed by atoms with E-state index in [9.17, 15) is 4.79 Å². The highest BCUT2D eigenvalue weighted by Crippen LogP contribution is 2.17. The minimum Gasteiger partial charge on any atom is -0.368 e. The molecule has 20 heavy (non-hydrogen) atoms. The molecule has 1 fully saturated rings. The molecule has 0 aliphatic carbocycles. The molecule has 0 saturated carbocycles. The fraction of sp³-hybridized carbons (Fsp3) is 0.364. The first-order chi connectivity index (χ1) is 9.63. The van der Waals surface area contributed by atoms with Gasteiger partial charge in [-0.2, -0.15) is 20.1 Å². The number of rotatable bonds is 3. The second-order valence-electron chi connectivity index (χ2n) is 4.53. The van der Waals surface area contributed by atoms with Crippen molar-refractivity contribution in [1.82, 2.24) is 24.7 Å². The molecule has 0 atom stereocenters. The number of amides is 1. The highest BCUT2D eigenvalue weighted by atomic mass is 16.1. The number of aromatic nitrogens is 5. The fourth-order valence-corrected chi connectivity index (χ4v) is 2.09. The minimum absolute atomic E-state index is 0.119. The first-order valence-electron chi connectivity index (χ1n) is 6.25. The van der Waals surface area contributed by atoms with Crippen LogP contribution >= 0.6 is 0 Å². The third-order valence-corrected chi connectivity index (χ3v) is 3.09. The molecule has 2 aromatic rings. The lowest BCUT2D eigenvalue weighted by atomic mass is 10.4. The Balaban J connectivity index is 1.97. The van der Waals surface area contributed by atoms with Gasteiger partial charge in [-0.25, -0.2) is 4.68 Å². The summed E-state index contributed by atoms with van der Waals surface area (Å²) in [7, 11) is 0. The van der Waals surface area contributed by atoms with Gasteiger partial charge >= 0.3 is 0 Å². The van der Waals surface area contributed by atoms with Crippen LogP contribution in [0.25, 0.3) is 5.95 Å². The molecule has 0 spiro atoms. The van der Waals surface area contributed by atoms with Crippen LogP contribution in [0.1, 0.15) is 23.2 Å². The lowest BCUT2D eigenvalue weighted by Crippen LogP contribution is -2.22. The van der Waals surface area contributed by atoms with E-state index in [1.54, 1.807) is 0 Å². The Kier molecular flexibility index (Phi) is 2.93. The molecule has 3 rings (SSSR count). The predicted molar refractivity (Wildman–Crippen MR) is 71.3 cm³/mol. The summed E-state index contributed by atoms with van der Waals surface area (Å²) in [5.74, 6) is 0.360. The maximum atomic E-state index is 11.1. The molecule has 2 aromatic heterocycles. The zero-order chi connectivity index (χ0) is 14.1. The number of hydrogen-bond donors (Lipinski definition) is 2. The fourth-order valence-electron chi connectivity index (χ4n) is 2.09. The minimum atomic E-state index is -0.557. The third-order valence-electron chi connectivity index (χ3n) is 3.09. The summed E-state index contributed by atoms with van der Waals surface area (Å²) in [6.07, 6.45) is 5.03. The van der Waals surface area contributed by atoms with Crippen molar-refractivity contribution in [3.63, 3.8) is 0 Å². The highest BCUT2D eigenvalue weighted by molar-refractivity contribution is 5.92. The normalized spacial score (nSPS) is 14.7. The van der Waals surface area contributed by atoms with Crippen LogP contribution in [-0.4, -0.2) is 43.7 Å². The lowest BCUT2D eigenvalue weighted by Gasteiger charge is -2.15. The van der Waals surface area contributed by atoms with Crippen molar-refractivity contribution in [3.8, 4) is 5.95 Å². The van der Waals surface area contributed by atoms with E-state index in [2.05, 4.69) is 20.1 Å². The van der Waals surface area contributed by atoms with Crippen LogP contribution in [0, 0.1) is 0 Å². The van der Waals surface area contributed by atoms with E-state index in [1.807, 2.05) is 4.90 Å². The van der Waals surface area contributed by atoms with Crippen LogP contribution in [0.5, 0.6) is 0 Å². The van der Waals surface area contributed by atoms with E-state index in [4.69, 9.17) is 11.5 Å². The van der Waals surface area contributed by atoms with Crippen LogP contribution in [-0.2, 0) is 0 Å². The Bertz CT molecular complexity index is 646. The van der Waals surface area contributed by atoms with E-state index < -0.39 is 5.91 Å². The first kappa shape index (κ1) is 12.3. The molecule has 0 bridgehead atoms. The summed E-state index contributed by atoms with van der Waals surface area (Å²) >= 11 is 0. The van der Waals surface area contributed by atoms with Gasteiger partial charge in [-0.15, -0.1) is 0 Å². The molecule has 0 radical (unpaired) electrons. The Labute approximate surface area is 114 Å². The zero-order valence-corrected chi connectivity index (χ0v) is 10.7. The molecule has 1 amide bonds. The molecule has 1 saturated heterocycles. The van der Waals surface area contributed by atoms with Gasteiger partial charge in [-0.1, -0.05) is 0 Å². The second kappa shape index (κ2) is 4.76. The molecule has 0 aromatic carbocycles. The number of anilines is 2. The number of primary amides is 1. The van der Waals surface area contributed by atoms with Crippen molar-refractivity contribution in [2.45, 2.75) is 12.8 Å². The molecule has 1 aliphatic rings. The Morgan fingerprint density at radius 2 is 1.85 bits per heavy atom. The average Bonchev–Trinajstić information content (AvgIpc) is 3.10. The molecular weight excluding hydrogens is 260 g/mol. The SMILES string of the molecule is NC(=O)c1cnn(-c2nc(N)nc(N3CCCC3)n2)c1. The van der Waals surface area contributed by atoms with Crippen molar-refractivity contribution in [1.29, 1.82) is 0 Å². The Morgan fingerprint density at radius 1 is 1.15 bits per heavy atom. The first-order valence-corrected chi connectivity index (χ1v) is 6.25. The van der Waals surface area contributed by atoms with E-state index in [0.29, 0.717) is 5.95 Å². The van der Waals surface area contributed by atoms with Gasteiger partial charge in [0.15, 0.2) is 0 Å². The number of nitrogens with two attached hydrogens (primary N) is 2. The summed E-state index contributed by atoms with van der Waals surface area (Å²) < 4.78 is 1.36. The van der Waals surface area contributed by atoms with Crippen LogP contribution < -0.4 is 16.4 Å². The average molecular weight is 274 g/mol. The van der Waals surface area contributed by atoms with Crippen molar-refractivity contribution >= 4 is 17.8 Å². The maximum Gasteiger partial charge on any atom is 0.257 e. The number of nitrogens with zero attached hydrogens (tertiary/aromatic N) is 6. The summed E-state index contributed by atoms with van der Waals surface area (Å²) in [5, 5.41) is 4.01. The quantitative estimate of drug-likeness (QED) is 0.759. The molecule has 9 heteroatoms. The second-order valence-corrected chi connectivity index (χ2v) is 4.53. The van der Waals surface area contributed by atoms with E-state index in [-0.39, 0.29) is 17.5 Å². The third kappa shape index (κ3) is 2.25. The van der Waals surface area contributed by atoms with Gasteiger partial charge in [0, 0.05) is 19.3 Å². The largest absolute Gasteiger partial charge is 0.368 e. The van der Waals surface area contributed by atoms with Gasteiger partial charge < -0.3 is 16.4 Å². The van der Waals surface area contributed by atoms with Crippen molar-refractivity contribution in [2.75, 3.05) is 23.7 Å². The van der Waals surface area contributed by atoms with Crippen LogP contribution in [0.2, 0.25) is 0 Å². The Morgan fingerprint density at radius 3 is 2.50 bits per heavy atom. The van der Waals surface area contributed by atoms with Crippen LogP contribution in [0.4, 0.5) is 11.9 Å². The van der Waals surface area contributed by atoms with Crippen molar-refractivity contribution in [2.24, 2.45) is 5.73 Å². The monoisotopic (exact) mass is 274 g/mol.